The maximum absolute atomic E-state index is 3.52. The van der Waals surface area contributed by atoms with Crippen LogP contribution in [0.2, 0.25) is 0 Å². The van der Waals surface area contributed by atoms with Crippen molar-refractivity contribution < 1.29 is 0 Å². The molecule has 0 aromatic heterocycles. The van der Waals surface area contributed by atoms with Gasteiger partial charge in [-0.3, -0.25) is 0 Å². The second-order valence-corrected chi connectivity index (χ2v) is 9.54. The van der Waals surface area contributed by atoms with Gasteiger partial charge in [0.25, 0.3) is 0 Å². The Morgan fingerprint density at radius 3 is 1.92 bits per heavy atom. The van der Waals surface area contributed by atoms with Gasteiger partial charge in [0.15, 0.2) is 0 Å². The molecule has 0 spiro atoms. The molecule has 2 radical (unpaired) electrons. The van der Waals surface area contributed by atoms with E-state index < -0.39 is 0 Å². The first-order chi connectivity index (χ1) is 10.8. The molecule has 0 atom stereocenters. The predicted molar refractivity (Wildman–Crippen MR) is 107 cm³/mol. The van der Waals surface area contributed by atoms with Crippen LogP contribution in [0.1, 0.15) is 72.1 Å². The molecule has 0 N–H and O–H groups in total. The van der Waals surface area contributed by atoms with Crippen LogP contribution in [-0.2, 0) is 0 Å². The van der Waals surface area contributed by atoms with Crippen molar-refractivity contribution in [3.63, 3.8) is 0 Å². The molecule has 0 aliphatic heterocycles. The number of allylic oxidation sites excluding steroid dienone is 4. The lowest BCUT2D eigenvalue weighted by Crippen LogP contribution is -2.46. The van der Waals surface area contributed by atoms with E-state index in [-0.39, 0.29) is 16.2 Å². The normalized spacial score (nSPS) is 18.7. The van der Waals surface area contributed by atoms with Crippen LogP contribution < -0.4 is 0 Å². The van der Waals surface area contributed by atoms with Crippen LogP contribution in [0.3, 0.4) is 0 Å². The van der Waals surface area contributed by atoms with E-state index in [1.54, 1.807) is 0 Å². The molecule has 1 aromatic carbocycles. The second kappa shape index (κ2) is 5.90. The monoisotopic (exact) mass is 322 g/mol. The molecular formula is C24H34. The van der Waals surface area contributed by atoms with E-state index >= 15 is 0 Å². The number of aryl methyl sites for hydroxylation is 1. The highest BCUT2D eigenvalue weighted by atomic mass is 14.5. The van der Waals surface area contributed by atoms with Gasteiger partial charge >= 0.3 is 0 Å². The molecule has 0 saturated carbocycles. The van der Waals surface area contributed by atoms with Gasteiger partial charge in [-0.2, -0.15) is 0 Å². The molecule has 0 nitrogen and oxygen atoms in total. The Morgan fingerprint density at radius 1 is 0.875 bits per heavy atom. The van der Waals surface area contributed by atoms with E-state index in [2.05, 4.69) is 99.9 Å². The van der Waals surface area contributed by atoms with Crippen LogP contribution in [0, 0.1) is 42.6 Å². The van der Waals surface area contributed by atoms with Gasteiger partial charge in [0.05, 0.1) is 0 Å². The van der Waals surface area contributed by atoms with Crippen molar-refractivity contribution >= 4 is 5.57 Å². The fraction of sp³-hybridized carbons (Fsp3) is 0.542. The van der Waals surface area contributed by atoms with Gasteiger partial charge in [-0.25, -0.2) is 0 Å². The van der Waals surface area contributed by atoms with E-state index in [9.17, 15) is 0 Å². The second-order valence-electron chi connectivity index (χ2n) is 9.54. The van der Waals surface area contributed by atoms with Crippen LogP contribution in [0.15, 0.2) is 29.4 Å². The molecular weight excluding hydrogens is 288 g/mol. The molecule has 2 rings (SSSR count). The zero-order valence-corrected chi connectivity index (χ0v) is 17.3. The summed E-state index contributed by atoms with van der Waals surface area (Å²) >= 11 is 0. The lowest BCUT2D eigenvalue weighted by Gasteiger charge is -2.54. The molecule has 1 aliphatic carbocycles. The van der Waals surface area contributed by atoms with Gasteiger partial charge in [-0.1, -0.05) is 65.3 Å². The zero-order valence-electron chi connectivity index (χ0n) is 17.3. The van der Waals surface area contributed by atoms with E-state index in [0.29, 0.717) is 0 Å². The molecule has 1 aliphatic rings. The number of hydrogen-bond acceptors (Lipinski definition) is 0. The average Bonchev–Trinajstić information content (AvgIpc) is 2.42. The molecule has 1 aromatic rings. The summed E-state index contributed by atoms with van der Waals surface area (Å²) in [5.41, 5.74) is 8.35. The fourth-order valence-corrected chi connectivity index (χ4v) is 4.25. The summed E-state index contributed by atoms with van der Waals surface area (Å²) in [6, 6.07) is 7.74. The van der Waals surface area contributed by atoms with E-state index in [1.807, 2.05) is 0 Å². The van der Waals surface area contributed by atoms with Crippen molar-refractivity contribution in [2.75, 3.05) is 0 Å². The minimum Gasteiger partial charge on any atom is -0.0734 e. The maximum Gasteiger partial charge on any atom is 0.00596 e. The molecule has 0 fully saturated rings. The summed E-state index contributed by atoms with van der Waals surface area (Å²) in [5.74, 6) is 0. The fourth-order valence-electron chi connectivity index (χ4n) is 4.25. The van der Waals surface area contributed by atoms with Crippen molar-refractivity contribution in [1.29, 1.82) is 0 Å². The van der Waals surface area contributed by atoms with Gasteiger partial charge < -0.3 is 0 Å². The average molecular weight is 323 g/mol. The highest BCUT2D eigenvalue weighted by molar-refractivity contribution is 5.82. The Kier molecular flexibility index (Phi) is 4.68. The van der Waals surface area contributed by atoms with Gasteiger partial charge in [0, 0.05) is 11.8 Å². The molecule has 0 unspecified atom stereocenters. The van der Waals surface area contributed by atoms with E-state index in [0.717, 1.165) is 0 Å². The first-order valence-corrected chi connectivity index (χ1v) is 9.07. The predicted octanol–water partition coefficient (Wildman–Crippen LogP) is 7.12. The number of benzene rings is 1. The highest BCUT2D eigenvalue weighted by Gasteiger charge is 2.51. The number of hydrogen-bond donors (Lipinski definition) is 0. The van der Waals surface area contributed by atoms with Crippen LogP contribution in [0.4, 0.5) is 0 Å². The third-order valence-electron chi connectivity index (χ3n) is 6.09. The molecule has 0 bridgehead atoms. The van der Waals surface area contributed by atoms with Crippen molar-refractivity contribution in [2.45, 2.75) is 69.2 Å². The molecule has 0 heteroatoms. The van der Waals surface area contributed by atoms with Crippen molar-refractivity contribution in [1.82, 2.24) is 0 Å². The van der Waals surface area contributed by atoms with Crippen LogP contribution in [0.25, 0.3) is 5.57 Å². The Hall–Kier alpha value is -1.30. The van der Waals surface area contributed by atoms with Crippen molar-refractivity contribution in [2.24, 2.45) is 16.2 Å². The smallest absolute Gasteiger partial charge is 0.00596 e. The van der Waals surface area contributed by atoms with E-state index in [4.69, 9.17) is 0 Å². The summed E-state index contributed by atoms with van der Waals surface area (Å²) in [4.78, 5) is 0. The topological polar surface area (TPSA) is 0 Å². The summed E-state index contributed by atoms with van der Waals surface area (Å²) in [7, 11) is 0. The largest absolute Gasteiger partial charge is 0.0734 e. The summed E-state index contributed by atoms with van der Waals surface area (Å²) in [6.07, 6.45) is 5.05. The van der Waals surface area contributed by atoms with E-state index in [1.165, 1.54) is 33.4 Å². The Labute approximate surface area is 150 Å². The third-order valence-corrected chi connectivity index (χ3v) is 6.09. The van der Waals surface area contributed by atoms with Gasteiger partial charge in [-0.15, -0.1) is 0 Å². The number of rotatable bonds is 1. The van der Waals surface area contributed by atoms with Gasteiger partial charge in [0.2, 0.25) is 0 Å². The lowest BCUT2D eigenvalue weighted by molar-refractivity contribution is 0.0542. The lowest BCUT2D eigenvalue weighted by atomic mass is 9.49. The van der Waals surface area contributed by atoms with Gasteiger partial charge in [0.1, 0.15) is 0 Å². The Morgan fingerprint density at radius 2 is 1.42 bits per heavy atom. The third kappa shape index (κ3) is 2.89. The summed E-state index contributed by atoms with van der Waals surface area (Å²) in [5, 5.41) is 0. The van der Waals surface area contributed by atoms with Gasteiger partial charge in [-0.05, 0) is 72.4 Å². The maximum atomic E-state index is 3.52. The highest BCUT2D eigenvalue weighted by Crippen LogP contribution is 2.59. The molecule has 24 heavy (non-hydrogen) atoms. The first kappa shape index (κ1) is 19.0. The minimum atomic E-state index is 0.00293. The SMILES string of the molecule is CC1=CC(C(C)(C)C)(C(C)(C)C)[CH]C(c2[c]ccc(C)c2C)=C1C. The first-order valence-electron chi connectivity index (χ1n) is 9.07. The van der Waals surface area contributed by atoms with Crippen LogP contribution in [-0.4, -0.2) is 0 Å². The molecule has 130 valence electrons. The standard InChI is InChI=1S/C24H34/c1-16-12-11-13-20(18(16)3)21-15-24(22(5,6)7,23(8,9)10)14-17(2)19(21)4/h11-12,14-15H,1-10H3. The summed E-state index contributed by atoms with van der Waals surface area (Å²) < 4.78 is 0. The quantitative estimate of drug-likeness (QED) is 0.516. The van der Waals surface area contributed by atoms with Crippen molar-refractivity contribution in [3.8, 4) is 0 Å². The van der Waals surface area contributed by atoms with Crippen LogP contribution in [0.5, 0.6) is 0 Å². The molecule has 0 amide bonds. The zero-order chi connectivity index (χ0) is 18.5. The van der Waals surface area contributed by atoms with Crippen LogP contribution >= 0.6 is 0 Å². The molecule has 0 heterocycles. The molecule has 0 saturated heterocycles. The minimum absolute atomic E-state index is 0.00293. The summed E-state index contributed by atoms with van der Waals surface area (Å²) in [6.45, 7) is 23.1. The Balaban J connectivity index is 2.74. The van der Waals surface area contributed by atoms with Crippen molar-refractivity contribution in [3.05, 3.63) is 58.5 Å². The Bertz CT molecular complexity index is 683.